The van der Waals surface area contributed by atoms with Crippen molar-refractivity contribution in [2.24, 2.45) is 10.1 Å². The predicted molar refractivity (Wildman–Crippen MR) is 92.0 cm³/mol. The van der Waals surface area contributed by atoms with Gasteiger partial charge in [0.15, 0.2) is 0 Å². The van der Waals surface area contributed by atoms with Crippen molar-refractivity contribution in [3.05, 3.63) is 57.6 Å². The molecule has 2 aromatic carbocycles. The standard InChI is InChI=1S/C15H14Cl2N2O3S/c1-9(10-2-4-13(5-3-10)23(18,21)22)19-8-11-6-12(16)7-14(17)15(11)20/h2-9,20H,1H3,(H2,18,21,22)/t9-/m0/s1. The fraction of sp³-hybridized carbons (Fsp3) is 0.133. The van der Waals surface area contributed by atoms with Crippen LogP contribution in [0.4, 0.5) is 0 Å². The lowest BCUT2D eigenvalue weighted by Crippen LogP contribution is -2.12. The molecule has 0 saturated heterocycles. The van der Waals surface area contributed by atoms with E-state index < -0.39 is 10.0 Å². The summed E-state index contributed by atoms with van der Waals surface area (Å²) in [6.45, 7) is 1.83. The topological polar surface area (TPSA) is 92.8 Å². The zero-order chi connectivity index (χ0) is 17.2. The Bertz CT molecular complexity index is 850. The van der Waals surface area contributed by atoms with Gasteiger partial charge in [-0.05, 0) is 36.8 Å². The van der Waals surface area contributed by atoms with Gasteiger partial charge in [0, 0.05) is 16.8 Å². The second-order valence-corrected chi connectivity index (χ2v) is 7.30. The molecule has 8 heteroatoms. The third kappa shape index (κ3) is 4.45. The van der Waals surface area contributed by atoms with Gasteiger partial charge >= 0.3 is 0 Å². The number of primary sulfonamides is 1. The first kappa shape index (κ1) is 17.7. The normalized spacial score (nSPS) is 13.4. The molecule has 122 valence electrons. The number of aromatic hydroxyl groups is 1. The van der Waals surface area contributed by atoms with E-state index in [0.29, 0.717) is 10.6 Å². The maximum absolute atomic E-state index is 11.2. The Hall–Kier alpha value is -1.60. The molecule has 23 heavy (non-hydrogen) atoms. The molecule has 1 atom stereocenters. The van der Waals surface area contributed by atoms with E-state index in [-0.39, 0.29) is 21.7 Å². The van der Waals surface area contributed by atoms with Crippen molar-refractivity contribution in [2.45, 2.75) is 17.9 Å². The van der Waals surface area contributed by atoms with Crippen LogP contribution in [0.5, 0.6) is 5.75 Å². The highest BCUT2D eigenvalue weighted by Gasteiger charge is 2.10. The third-order valence-corrected chi connectivity index (χ3v) is 4.62. The summed E-state index contributed by atoms with van der Waals surface area (Å²) < 4.78 is 22.4. The number of rotatable bonds is 4. The van der Waals surface area contributed by atoms with E-state index in [4.69, 9.17) is 28.3 Å². The number of phenolic OH excluding ortho intramolecular Hbond substituents is 1. The summed E-state index contributed by atoms with van der Waals surface area (Å²) in [6, 6.07) is 8.82. The maximum atomic E-state index is 11.2. The molecule has 5 nitrogen and oxygen atoms in total. The summed E-state index contributed by atoms with van der Waals surface area (Å²) in [4.78, 5) is 4.36. The van der Waals surface area contributed by atoms with Crippen LogP contribution in [0.3, 0.4) is 0 Å². The van der Waals surface area contributed by atoms with E-state index in [1.54, 1.807) is 18.2 Å². The van der Waals surface area contributed by atoms with Crippen molar-refractivity contribution in [1.82, 2.24) is 0 Å². The molecule has 2 aromatic rings. The average molecular weight is 373 g/mol. The fourth-order valence-corrected chi connectivity index (χ4v) is 2.92. The van der Waals surface area contributed by atoms with Gasteiger partial charge in [-0.3, -0.25) is 4.99 Å². The Morgan fingerprint density at radius 1 is 1.22 bits per heavy atom. The summed E-state index contributed by atoms with van der Waals surface area (Å²) in [6.07, 6.45) is 1.46. The second-order valence-electron chi connectivity index (χ2n) is 4.89. The number of benzene rings is 2. The molecule has 0 aromatic heterocycles. The van der Waals surface area contributed by atoms with E-state index in [1.807, 2.05) is 6.92 Å². The Labute approximate surface area is 144 Å². The molecule has 0 heterocycles. The molecule has 0 saturated carbocycles. The van der Waals surface area contributed by atoms with Gasteiger partial charge < -0.3 is 5.11 Å². The second kappa shape index (κ2) is 6.88. The first-order valence-corrected chi connectivity index (χ1v) is 8.82. The number of sulfonamides is 1. The zero-order valence-electron chi connectivity index (χ0n) is 12.1. The minimum Gasteiger partial charge on any atom is -0.506 e. The number of hydrogen-bond donors (Lipinski definition) is 2. The number of nitrogens with zero attached hydrogens (tertiary/aromatic N) is 1. The molecule has 0 aliphatic carbocycles. The van der Waals surface area contributed by atoms with Crippen LogP contribution in [0.2, 0.25) is 10.0 Å². The van der Waals surface area contributed by atoms with Crippen LogP contribution in [0.15, 0.2) is 46.3 Å². The zero-order valence-corrected chi connectivity index (χ0v) is 14.4. The Morgan fingerprint density at radius 2 is 1.83 bits per heavy atom. The van der Waals surface area contributed by atoms with Gasteiger partial charge in [-0.25, -0.2) is 13.6 Å². The third-order valence-electron chi connectivity index (χ3n) is 3.19. The quantitative estimate of drug-likeness (QED) is 0.803. The summed E-state index contributed by atoms with van der Waals surface area (Å²) >= 11 is 11.7. The highest BCUT2D eigenvalue weighted by atomic mass is 35.5. The fourth-order valence-electron chi connectivity index (χ4n) is 1.90. The van der Waals surface area contributed by atoms with Crippen molar-refractivity contribution in [1.29, 1.82) is 0 Å². The number of halogens is 2. The summed E-state index contributed by atoms with van der Waals surface area (Å²) in [5.41, 5.74) is 1.19. The molecule has 0 aliphatic rings. The number of aliphatic imine (C=N–C) groups is 1. The van der Waals surface area contributed by atoms with Crippen LogP contribution in [0, 0.1) is 0 Å². The minimum absolute atomic E-state index is 0.0386. The molecule has 0 unspecified atom stereocenters. The largest absolute Gasteiger partial charge is 0.506 e. The Balaban J connectivity index is 2.24. The summed E-state index contributed by atoms with van der Waals surface area (Å²) in [7, 11) is -3.72. The highest BCUT2D eigenvalue weighted by Crippen LogP contribution is 2.30. The number of phenols is 1. The molecular weight excluding hydrogens is 359 g/mol. The van der Waals surface area contributed by atoms with Gasteiger partial charge in [-0.15, -0.1) is 0 Å². The van der Waals surface area contributed by atoms with E-state index in [2.05, 4.69) is 4.99 Å². The van der Waals surface area contributed by atoms with E-state index >= 15 is 0 Å². The van der Waals surface area contributed by atoms with Gasteiger partial charge in [0.25, 0.3) is 0 Å². The molecule has 0 amide bonds. The van der Waals surface area contributed by atoms with Crippen LogP contribution in [0.1, 0.15) is 24.1 Å². The SMILES string of the molecule is C[C@H](N=Cc1cc(Cl)cc(Cl)c1O)c1ccc(S(N)(=O)=O)cc1. The van der Waals surface area contributed by atoms with Gasteiger partial charge in [0.2, 0.25) is 10.0 Å². The van der Waals surface area contributed by atoms with Crippen LogP contribution < -0.4 is 5.14 Å². The van der Waals surface area contributed by atoms with Crippen molar-refractivity contribution >= 4 is 39.4 Å². The molecule has 0 aliphatic heterocycles. The predicted octanol–water partition coefficient (Wildman–Crippen LogP) is 3.53. The molecular formula is C15H14Cl2N2O3S. The molecule has 0 spiro atoms. The van der Waals surface area contributed by atoms with Crippen LogP contribution in [0.25, 0.3) is 0 Å². The number of nitrogens with two attached hydrogens (primary N) is 1. The van der Waals surface area contributed by atoms with Crippen LogP contribution in [-0.2, 0) is 10.0 Å². The van der Waals surface area contributed by atoms with E-state index in [1.165, 1.54) is 24.4 Å². The van der Waals surface area contributed by atoms with Crippen LogP contribution in [-0.4, -0.2) is 19.7 Å². The summed E-state index contributed by atoms with van der Waals surface area (Å²) in [5.74, 6) is -0.100. The highest BCUT2D eigenvalue weighted by molar-refractivity contribution is 7.89. The molecule has 0 bridgehead atoms. The molecule has 0 fully saturated rings. The summed E-state index contributed by atoms with van der Waals surface area (Å²) in [5, 5.41) is 15.5. The van der Waals surface area contributed by atoms with Crippen LogP contribution >= 0.6 is 23.2 Å². The lowest BCUT2D eigenvalue weighted by Gasteiger charge is -2.08. The van der Waals surface area contributed by atoms with Gasteiger partial charge in [-0.2, -0.15) is 0 Å². The lowest BCUT2D eigenvalue weighted by molar-refractivity contribution is 0.474. The molecule has 3 N–H and O–H groups in total. The Morgan fingerprint density at radius 3 is 2.39 bits per heavy atom. The van der Waals surface area contributed by atoms with Gasteiger partial charge in [-0.1, -0.05) is 35.3 Å². The smallest absolute Gasteiger partial charge is 0.238 e. The van der Waals surface area contributed by atoms with Gasteiger partial charge in [0.1, 0.15) is 5.75 Å². The lowest BCUT2D eigenvalue weighted by atomic mass is 10.1. The van der Waals surface area contributed by atoms with E-state index in [0.717, 1.165) is 5.56 Å². The first-order chi connectivity index (χ1) is 10.7. The molecule has 0 radical (unpaired) electrons. The number of hydrogen-bond acceptors (Lipinski definition) is 4. The van der Waals surface area contributed by atoms with E-state index in [9.17, 15) is 13.5 Å². The Kier molecular flexibility index (Phi) is 5.31. The van der Waals surface area contributed by atoms with Crippen molar-refractivity contribution < 1.29 is 13.5 Å². The molecule has 2 rings (SSSR count). The van der Waals surface area contributed by atoms with Crippen molar-refractivity contribution in [3.8, 4) is 5.75 Å². The maximum Gasteiger partial charge on any atom is 0.238 e. The van der Waals surface area contributed by atoms with Gasteiger partial charge in [0.05, 0.1) is 16.0 Å². The van der Waals surface area contributed by atoms with Crippen molar-refractivity contribution in [2.75, 3.05) is 0 Å². The average Bonchev–Trinajstić information content (AvgIpc) is 2.48. The minimum atomic E-state index is -3.72. The first-order valence-electron chi connectivity index (χ1n) is 6.52. The monoisotopic (exact) mass is 372 g/mol. The van der Waals surface area contributed by atoms with Crippen molar-refractivity contribution in [3.63, 3.8) is 0 Å².